The number of hydrogen-bond acceptors (Lipinski definition) is 7. The van der Waals surface area contributed by atoms with E-state index in [1.165, 1.54) is 11.3 Å². The van der Waals surface area contributed by atoms with E-state index in [4.69, 9.17) is 13.9 Å². The Kier molecular flexibility index (Phi) is 7.80. The minimum absolute atomic E-state index is 0.275. The number of thiazole rings is 1. The van der Waals surface area contributed by atoms with Crippen molar-refractivity contribution in [3.63, 3.8) is 0 Å². The van der Waals surface area contributed by atoms with Crippen LogP contribution in [0.4, 0.5) is 0 Å². The molecule has 0 fully saturated rings. The molecule has 0 radical (unpaired) electrons. The molecule has 2 aromatic carbocycles. The van der Waals surface area contributed by atoms with Crippen LogP contribution in [0, 0.1) is 0 Å². The van der Waals surface area contributed by atoms with Crippen LogP contribution in [-0.4, -0.2) is 23.8 Å². The largest absolute Gasteiger partial charge is 0.497 e. The molecule has 0 spiro atoms. The van der Waals surface area contributed by atoms with Crippen molar-refractivity contribution in [2.75, 3.05) is 7.11 Å². The van der Waals surface area contributed by atoms with Crippen molar-refractivity contribution < 1.29 is 18.7 Å². The predicted octanol–water partition coefficient (Wildman–Crippen LogP) is 5.98. The highest BCUT2D eigenvalue weighted by molar-refractivity contribution is 9.11. The van der Waals surface area contributed by atoms with Crippen molar-refractivity contribution in [1.82, 2.24) is 4.57 Å². The standard InChI is InChI=1S/C29H24Br2N2O5S/c1-15(2)37-28(35)25-16(3)32-29-33(26(25)17-5-8-19(36-4)9-6-17)27(34)24(39-29)14-20-10-12-23(38-20)21-13-18(30)7-11-22(21)31/h5-15,26H,1-4H3/b24-14+/t26-/m1/s1. The van der Waals surface area contributed by atoms with Gasteiger partial charge >= 0.3 is 5.97 Å². The first-order valence-corrected chi connectivity index (χ1v) is 14.5. The van der Waals surface area contributed by atoms with Crippen molar-refractivity contribution in [1.29, 1.82) is 0 Å². The fraction of sp³-hybridized carbons (Fsp3) is 0.207. The second kappa shape index (κ2) is 11.1. The predicted molar refractivity (Wildman–Crippen MR) is 158 cm³/mol. The number of hydrogen-bond donors (Lipinski definition) is 0. The quantitative estimate of drug-likeness (QED) is 0.236. The lowest BCUT2D eigenvalue weighted by atomic mass is 9.96. The van der Waals surface area contributed by atoms with Gasteiger partial charge < -0.3 is 13.9 Å². The molecule has 0 saturated carbocycles. The number of rotatable bonds is 6. The van der Waals surface area contributed by atoms with Crippen molar-refractivity contribution in [2.24, 2.45) is 4.99 Å². The van der Waals surface area contributed by atoms with Crippen LogP contribution in [0.15, 0.2) is 89.0 Å². The normalized spacial score (nSPS) is 15.4. The number of carbonyl (C=O) groups excluding carboxylic acids is 1. The number of halogens is 2. The van der Waals surface area contributed by atoms with Gasteiger partial charge in [-0.05, 0) is 68.8 Å². The van der Waals surface area contributed by atoms with E-state index >= 15 is 0 Å². The summed E-state index contributed by atoms with van der Waals surface area (Å²) in [6, 6.07) is 16.1. The van der Waals surface area contributed by atoms with Crippen molar-refractivity contribution in [2.45, 2.75) is 32.9 Å². The van der Waals surface area contributed by atoms with Crippen LogP contribution < -0.4 is 19.6 Å². The monoisotopic (exact) mass is 670 g/mol. The minimum Gasteiger partial charge on any atom is -0.497 e. The highest BCUT2D eigenvalue weighted by atomic mass is 79.9. The second-order valence-electron chi connectivity index (χ2n) is 9.14. The summed E-state index contributed by atoms with van der Waals surface area (Å²) < 4.78 is 20.7. The Morgan fingerprint density at radius 3 is 2.56 bits per heavy atom. The van der Waals surface area contributed by atoms with E-state index in [0.29, 0.717) is 37.9 Å². The third-order valence-electron chi connectivity index (χ3n) is 6.11. The van der Waals surface area contributed by atoms with E-state index in [0.717, 1.165) is 20.1 Å². The van der Waals surface area contributed by atoms with Gasteiger partial charge in [0.2, 0.25) is 0 Å². The molecule has 0 saturated heterocycles. The topological polar surface area (TPSA) is 83.0 Å². The zero-order valence-corrected chi connectivity index (χ0v) is 25.5. The maximum Gasteiger partial charge on any atom is 0.338 e. The number of benzene rings is 2. The van der Waals surface area contributed by atoms with Gasteiger partial charge in [-0.1, -0.05) is 55.3 Å². The second-order valence-corrected chi connectivity index (χ2v) is 11.9. The average molecular weight is 672 g/mol. The lowest BCUT2D eigenvalue weighted by Gasteiger charge is -2.25. The Balaban J connectivity index is 1.63. The van der Waals surface area contributed by atoms with E-state index in [2.05, 4.69) is 36.9 Å². The van der Waals surface area contributed by atoms with Gasteiger partial charge in [0, 0.05) is 20.6 Å². The number of esters is 1. The van der Waals surface area contributed by atoms with Gasteiger partial charge in [0.15, 0.2) is 4.80 Å². The van der Waals surface area contributed by atoms with E-state index < -0.39 is 12.0 Å². The first-order chi connectivity index (χ1) is 18.7. The maximum absolute atomic E-state index is 13.8. The molecule has 3 heterocycles. The van der Waals surface area contributed by atoms with Crippen LogP contribution in [0.25, 0.3) is 17.4 Å². The van der Waals surface area contributed by atoms with Gasteiger partial charge in [0.05, 0.1) is 35.1 Å². The van der Waals surface area contributed by atoms with Crippen LogP contribution in [0.5, 0.6) is 5.75 Å². The molecule has 0 N–H and O–H groups in total. The summed E-state index contributed by atoms with van der Waals surface area (Å²) in [6.07, 6.45) is 1.38. The van der Waals surface area contributed by atoms with E-state index in [1.54, 1.807) is 50.7 Å². The van der Waals surface area contributed by atoms with Gasteiger partial charge in [-0.15, -0.1) is 0 Å². The number of fused-ring (bicyclic) bond motifs is 1. The highest BCUT2D eigenvalue weighted by Gasteiger charge is 2.33. The fourth-order valence-electron chi connectivity index (χ4n) is 4.35. The van der Waals surface area contributed by atoms with Gasteiger partial charge in [-0.25, -0.2) is 9.79 Å². The number of aromatic nitrogens is 1. The Morgan fingerprint density at radius 2 is 1.87 bits per heavy atom. The Labute approximate surface area is 245 Å². The minimum atomic E-state index is -0.703. The summed E-state index contributed by atoms with van der Waals surface area (Å²) in [4.78, 5) is 32.2. The molecule has 1 aliphatic heterocycles. The molecule has 0 amide bonds. The summed E-state index contributed by atoms with van der Waals surface area (Å²) in [5, 5.41) is 0. The number of carbonyl (C=O) groups is 1. The summed E-state index contributed by atoms with van der Waals surface area (Å²) in [7, 11) is 1.59. The van der Waals surface area contributed by atoms with Crippen LogP contribution in [0.1, 0.15) is 38.1 Å². The molecule has 4 aromatic rings. The lowest BCUT2D eigenvalue weighted by molar-refractivity contribution is -0.143. The first-order valence-electron chi connectivity index (χ1n) is 12.1. The van der Waals surface area contributed by atoms with Crippen molar-refractivity contribution in [3.8, 4) is 17.1 Å². The molecular formula is C29H24Br2N2O5S. The van der Waals surface area contributed by atoms with Crippen LogP contribution in [0.2, 0.25) is 0 Å². The summed E-state index contributed by atoms with van der Waals surface area (Å²) >= 11 is 8.30. The third kappa shape index (κ3) is 5.46. The van der Waals surface area contributed by atoms with Crippen molar-refractivity contribution >= 4 is 55.2 Å². The average Bonchev–Trinajstić information content (AvgIpc) is 3.48. The van der Waals surface area contributed by atoms with Gasteiger partial charge in [-0.3, -0.25) is 9.36 Å². The molecule has 5 rings (SSSR count). The summed E-state index contributed by atoms with van der Waals surface area (Å²) in [5.74, 6) is 1.35. The fourth-order valence-corrected chi connectivity index (χ4v) is 6.18. The van der Waals surface area contributed by atoms with Gasteiger partial charge in [0.1, 0.15) is 17.3 Å². The molecule has 1 aliphatic rings. The molecular weight excluding hydrogens is 648 g/mol. The van der Waals surface area contributed by atoms with Gasteiger partial charge in [-0.2, -0.15) is 0 Å². The molecule has 7 nitrogen and oxygen atoms in total. The number of furan rings is 1. The molecule has 0 bridgehead atoms. The molecule has 0 unspecified atom stereocenters. The van der Waals surface area contributed by atoms with Gasteiger partial charge in [0.25, 0.3) is 5.56 Å². The lowest BCUT2D eigenvalue weighted by Crippen LogP contribution is -2.40. The Hall–Kier alpha value is -3.21. The smallest absolute Gasteiger partial charge is 0.338 e. The highest BCUT2D eigenvalue weighted by Crippen LogP contribution is 2.33. The maximum atomic E-state index is 13.8. The number of allylic oxidation sites excluding steroid dienone is 1. The summed E-state index contributed by atoms with van der Waals surface area (Å²) in [5.41, 5.74) is 2.19. The third-order valence-corrected chi connectivity index (χ3v) is 8.28. The Bertz CT molecular complexity index is 1780. The SMILES string of the molecule is COc1ccc([C@@H]2C(C(=O)OC(C)C)=C(C)N=c3s/c(=C/c4ccc(-c5cc(Br)ccc5Br)o4)c(=O)n32)cc1. The molecule has 39 heavy (non-hydrogen) atoms. The van der Waals surface area contributed by atoms with Crippen LogP contribution in [0.3, 0.4) is 0 Å². The molecule has 200 valence electrons. The van der Waals surface area contributed by atoms with Crippen molar-refractivity contribution in [3.05, 3.63) is 106 Å². The molecule has 10 heteroatoms. The van der Waals surface area contributed by atoms with Crippen LogP contribution in [-0.2, 0) is 9.53 Å². The van der Waals surface area contributed by atoms with Crippen LogP contribution >= 0.6 is 43.2 Å². The zero-order valence-electron chi connectivity index (χ0n) is 21.5. The number of ether oxygens (including phenoxy) is 2. The van der Waals surface area contributed by atoms with E-state index in [9.17, 15) is 9.59 Å². The number of methoxy groups -OCH3 is 1. The van der Waals surface area contributed by atoms with E-state index in [-0.39, 0.29) is 11.7 Å². The molecule has 0 aliphatic carbocycles. The Morgan fingerprint density at radius 1 is 1.13 bits per heavy atom. The van der Waals surface area contributed by atoms with E-state index in [1.807, 2.05) is 42.5 Å². The molecule has 1 atom stereocenters. The first kappa shape index (κ1) is 27.4. The number of nitrogens with zero attached hydrogens (tertiary/aromatic N) is 2. The zero-order chi connectivity index (χ0) is 27.8. The summed E-state index contributed by atoms with van der Waals surface area (Å²) in [6.45, 7) is 5.34. The molecule has 2 aromatic heterocycles.